The second kappa shape index (κ2) is 7.13. The molecule has 1 aliphatic heterocycles. The lowest BCUT2D eigenvalue weighted by molar-refractivity contribution is -0.132. The van der Waals surface area contributed by atoms with Crippen molar-refractivity contribution in [2.45, 2.75) is 83.1 Å². The summed E-state index contributed by atoms with van der Waals surface area (Å²) in [5, 5.41) is 3.65. The van der Waals surface area contributed by atoms with Crippen molar-refractivity contribution < 1.29 is 4.79 Å². The van der Waals surface area contributed by atoms with Crippen LogP contribution in [0, 0.1) is 5.41 Å². The Morgan fingerprint density at radius 1 is 0.952 bits per heavy atom. The minimum Gasteiger partial charge on any atom is -0.343 e. The van der Waals surface area contributed by atoms with E-state index in [9.17, 15) is 4.79 Å². The molecule has 1 amide bonds. The second-order valence-corrected chi connectivity index (χ2v) is 7.63. The molecule has 1 N–H and O–H groups in total. The van der Waals surface area contributed by atoms with E-state index < -0.39 is 0 Å². The molecule has 3 rings (SSSR count). The molecular formula is C18H32N2O. The molecule has 3 aliphatic rings. The first kappa shape index (κ1) is 15.3. The number of rotatable bonds is 4. The number of nitrogens with one attached hydrogen (secondary N) is 1. The van der Waals surface area contributed by atoms with Gasteiger partial charge in [-0.3, -0.25) is 4.79 Å². The number of hydrogen-bond donors (Lipinski definition) is 1. The van der Waals surface area contributed by atoms with E-state index in [0.717, 1.165) is 25.0 Å². The molecule has 0 bridgehead atoms. The predicted molar refractivity (Wildman–Crippen MR) is 86.2 cm³/mol. The molecule has 0 unspecified atom stereocenters. The van der Waals surface area contributed by atoms with Gasteiger partial charge in [-0.1, -0.05) is 12.8 Å². The Morgan fingerprint density at radius 2 is 1.62 bits per heavy atom. The van der Waals surface area contributed by atoms with Gasteiger partial charge in [-0.25, -0.2) is 0 Å². The third kappa shape index (κ3) is 4.00. The molecule has 120 valence electrons. The Kier molecular flexibility index (Phi) is 5.20. The monoisotopic (exact) mass is 292 g/mol. The molecule has 1 heterocycles. The fourth-order valence-electron chi connectivity index (χ4n) is 4.74. The van der Waals surface area contributed by atoms with E-state index in [0.29, 0.717) is 18.4 Å². The van der Waals surface area contributed by atoms with E-state index in [1.807, 2.05) is 0 Å². The Hall–Kier alpha value is -0.570. The molecule has 21 heavy (non-hydrogen) atoms. The standard InChI is InChI=1S/C18H32N2O/c21-17(20-14-4-1-5-15-20)8-13-19-16-6-11-18(12-7-16)9-2-3-10-18/h16,19H,1-15H2. The highest BCUT2D eigenvalue weighted by molar-refractivity contribution is 5.76. The number of carbonyl (C=O) groups is 1. The van der Waals surface area contributed by atoms with Crippen molar-refractivity contribution in [1.82, 2.24) is 10.2 Å². The van der Waals surface area contributed by atoms with Crippen molar-refractivity contribution in [3.63, 3.8) is 0 Å². The maximum Gasteiger partial charge on any atom is 0.223 e. The molecule has 0 aromatic heterocycles. The Bertz CT molecular complexity index is 333. The number of hydrogen-bond acceptors (Lipinski definition) is 2. The molecule has 0 atom stereocenters. The zero-order chi connectivity index (χ0) is 14.5. The van der Waals surface area contributed by atoms with E-state index >= 15 is 0 Å². The maximum atomic E-state index is 12.1. The molecule has 1 spiro atoms. The van der Waals surface area contributed by atoms with Crippen LogP contribution in [0.4, 0.5) is 0 Å². The summed E-state index contributed by atoms with van der Waals surface area (Å²) >= 11 is 0. The fourth-order valence-corrected chi connectivity index (χ4v) is 4.74. The van der Waals surface area contributed by atoms with Gasteiger partial charge in [0.15, 0.2) is 0 Å². The molecule has 0 aromatic carbocycles. The van der Waals surface area contributed by atoms with Crippen molar-refractivity contribution in [3.05, 3.63) is 0 Å². The van der Waals surface area contributed by atoms with E-state index in [2.05, 4.69) is 10.2 Å². The van der Waals surface area contributed by atoms with Crippen LogP contribution in [-0.4, -0.2) is 36.5 Å². The minimum absolute atomic E-state index is 0.366. The zero-order valence-electron chi connectivity index (χ0n) is 13.5. The molecule has 0 radical (unpaired) electrons. The van der Waals surface area contributed by atoms with Crippen molar-refractivity contribution in [1.29, 1.82) is 0 Å². The first-order chi connectivity index (χ1) is 10.3. The SMILES string of the molecule is O=C(CCNC1CCC2(CCCC2)CC1)N1CCCCC1. The zero-order valence-corrected chi connectivity index (χ0v) is 13.5. The Labute approximate surface area is 129 Å². The van der Waals surface area contributed by atoms with Crippen molar-refractivity contribution >= 4 is 5.91 Å². The van der Waals surface area contributed by atoms with Gasteiger partial charge in [-0.15, -0.1) is 0 Å². The summed E-state index contributed by atoms with van der Waals surface area (Å²) in [6.45, 7) is 2.86. The van der Waals surface area contributed by atoms with Gasteiger partial charge in [0.25, 0.3) is 0 Å². The highest BCUT2D eigenvalue weighted by Gasteiger charge is 2.37. The summed E-state index contributed by atoms with van der Waals surface area (Å²) in [5.74, 6) is 0.366. The number of carbonyl (C=O) groups excluding carboxylic acids is 1. The van der Waals surface area contributed by atoms with Crippen LogP contribution in [0.3, 0.4) is 0 Å². The van der Waals surface area contributed by atoms with Crippen LogP contribution < -0.4 is 5.32 Å². The average molecular weight is 292 g/mol. The quantitative estimate of drug-likeness (QED) is 0.860. The van der Waals surface area contributed by atoms with Crippen LogP contribution in [0.2, 0.25) is 0 Å². The van der Waals surface area contributed by atoms with Gasteiger partial charge < -0.3 is 10.2 Å². The summed E-state index contributed by atoms with van der Waals surface area (Å²) < 4.78 is 0. The van der Waals surface area contributed by atoms with E-state index in [1.54, 1.807) is 0 Å². The van der Waals surface area contributed by atoms with Crippen LogP contribution in [0.25, 0.3) is 0 Å². The van der Waals surface area contributed by atoms with E-state index in [1.165, 1.54) is 70.6 Å². The van der Waals surface area contributed by atoms with Gasteiger partial charge in [0, 0.05) is 32.1 Å². The van der Waals surface area contributed by atoms with E-state index in [-0.39, 0.29) is 0 Å². The Balaban J connectivity index is 1.32. The smallest absolute Gasteiger partial charge is 0.223 e. The summed E-state index contributed by atoms with van der Waals surface area (Å²) in [4.78, 5) is 14.2. The fraction of sp³-hybridized carbons (Fsp3) is 0.944. The van der Waals surface area contributed by atoms with Crippen molar-refractivity contribution in [3.8, 4) is 0 Å². The van der Waals surface area contributed by atoms with Gasteiger partial charge in [-0.2, -0.15) is 0 Å². The van der Waals surface area contributed by atoms with Crippen LogP contribution in [0.15, 0.2) is 0 Å². The first-order valence-electron chi connectivity index (χ1n) is 9.29. The summed E-state index contributed by atoms with van der Waals surface area (Å²) in [6.07, 6.45) is 15.8. The molecule has 3 fully saturated rings. The lowest BCUT2D eigenvalue weighted by Crippen LogP contribution is -2.40. The van der Waals surface area contributed by atoms with Gasteiger partial charge in [0.05, 0.1) is 0 Å². The van der Waals surface area contributed by atoms with Crippen LogP contribution in [0.5, 0.6) is 0 Å². The largest absolute Gasteiger partial charge is 0.343 e. The van der Waals surface area contributed by atoms with Crippen molar-refractivity contribution in [2.75, 3.05) is 19.6 Å². The summed E-state index contributed by atoms with van der Waals surface area (Å²) in [6, 6.07) is 0.672. The highest BCUT2D eigenvalue weighted by atomic mass is 16.2. The van der Waals surface area contributed by atoms with E-state index in [4.69, 9.17) is 0 Å². The lowest BCUT2D eigenvalue weighted by atomic mass is 9.71. The van der Waals surface area contributed by atoms with Crippen molar-refractivity contribution in [2.24, 2.45) is 5.41 Å². The van der Waals surface area contributed by atoms with Crippen LogP contribution in [0.1, 0.15) is 77.0 Å². The second-order valence-electron chi connectivity index (χ2n) is 7.63. The summed E-state index contributed by atoms with van der Waals surface area (Å²) in [5.41, 5.74) is 0.724. The number of amides is 1. The molecule has 3 heteroatoms. The normalized spacial score (nSPS) is 26.4. The van der Waals surface area contributed by atoms with Gasteiger partial charge in [-0.05, 0) is 63.2 Å². The van der Waals surface area contributed by atoms with Gasteiger partial charge in [0.1, 0.15) is 0 Å². The number of piperidine rings is 1. The summed E-state index contributed by atoms with van der Waals surface area (Å²) in [7, 11) is 0. The molecule has 3 nitrogen and oxygen atoms in total. The van der Waals surface area contributed by atoms with Gasteiger partial charge in [0.2, 0.25) is 5.91 Å². The average Bonchev–Trinajstić information content (AvgIpc) is 2.98. The molecule has 2 aliphatic carbocycles. The van der Waals surface area contributed by atoms with Crippen LogP contribution in [-0.2, 0) is 4.79 Å². The predicted octanol–water partition coefficient (Wildman–Crippen LogP) is 3.48. The third-order valence-corrected chi connectivity index (χ3v) is 6.19. The highest BCUT2D eigenvalue weighted by Crippen LogP contribution is 2.48. The molecular weight excluding hydrogens is 260 g/mol. The lowest BCUT2D eigenvalue weighted by Gasteiger charge is -2.37. The number of nitrogens with zero attached hydrogens (tertiary/aromatic N) is 1. The first-order valence-corrected chi connectivity index (χ1v) is 9.29. The van der Waals surface area contributed by atoms with Gasteiger partial charge >= 0.3 is 0 Å². The molecule has 1 saturated heterocycles. The Morgan fingerprint density at radius 3 is 2.29 bits per heavy atom. The third-order valence-electron chi connectivity index (χ3n) is 6.19. The van der Waals surface area contributed by atoms with Crippen LogP contribution >= 0.6 is 0 Å². The molecule has 2 saturated carbocycles. The number of likely N-dealkylation sites (tertiary alicyclic amines) is 1. The minimum atomic E-state index is 0.366. The topological polar surface area (TPSA) is 32.3 Å². The maximum absolute atomic E-state index is 12.1. The molecule has 0 aromatic rings.